The van der Waals surface area contributed by atoms with E-state index in [0.717, 1.165) is 10.0 Å². The van der Waals surface area contributed by atoms with Crippen LogP contribution >= 0.6 is 27.5 Å². The summed E-state index contributed by atoms with van der Waals surface area (Å²) in [6.45, 7) is 0.655. The van der Waals surface area contributed by atoms with Crippen LogP contribution in [0.5, 0.6) is 5.75 Å². The van der Waals surface area contributed by atoms with E-state index in [-0.39, 0.29) is 36.1 Å². The van der Waals surface area contributed by atoms with Gasteiger partial charge in [-0.05, 0) is 72.1 Å². The molecule has 0 fully saturated rings. The monoisotopic (exact) mass is 724 g/mol. The number of benzene rings is 4. The van der Waals surface area contributed by atoms with Gasteiger partial charge in [-0.2, -0.15) is 0 Å². The largest absolute Gasteiger partial charge is 0.494 e. The molecule has 0 saturated carbocycles. The van der Waals surface area contributed by atoms with E-state index < -0.39 is 27.4 Å². The summed E-state index contributed by atoms with van der Waals surface area (Å²) < 4.78 is 40.0. The van der Waals surface area contributed by atoms with Crippen LogP contribution in [0.3, 0.4) is 0 Å². The zero-order chi connectivity index (χ0) is 32.6. The molecule has 0 unspecified atom stereocenters. The lowest BCUT2D eigenvalue weighted by atomic mass is 9.85. The number of nitrogens with zero attached hydrogens (tertiary/aromatic N) is 1. The van der Waals surface area contributed by atoms with E-state index in [4.69, 9.17) is 31.2 Å². The molecular weight excluding hydrogens is 692 g/mol. The molecule has 5 rings (SSSR count). The van der Waals surface area contributed by atoms with Crippen LogP contribution in [0.4, 0.5) is 0 Å². The SMILES string of the molecule is O=C(NCCc1ccccc1Cl)[C@]1(CCS(=O)(=O)c2ccccc2)N=C(c2ccc(OCCCO)cc2)O[C@@H]1c1ccc(Br)cc1. The van der Waals surface area contributed by atoms with E-state index in [1.54, 1.807) is 60.7 Å². The van der Waals surface area contributed by atoms with E-state index in [9.17, 15) is 13.2 Å². The van der Waals surface area contributed by atoms with Crippen molar-refractivity contribution in [1.29, 1.82) is 0 Å². The Labute approximate surface area is 282 Å². The Bertz CT molecular complexity index is 1770. The smallest absolute Gasteiger partial charge is 0.252 e. The second-order valence-electron chi connectivity index (χ2n) is 10.8. The molecule has 0 radical (unpaired) electrons. The third kappa shape index (κ3) is 7.98. The molecule has 0 aromatic heterocycles. The molecule has 1 amide bonds. The number of carbonyl (C=O) groups excluding carboxylic acids is 1. The number of hydrogen-bond acceptors (Lipinski definition) is 7. The van der Waals surface area contributed by atoms with Gasteiger partial charge in [0, 0.05) is 41.1 Å². The van der Waals surface area contributed by atoms with Crippen molar-refractivity contribution in [1.82, 2.24) is 5.32 Å². The molecule has 240 valence electrons. The van der Waals surface area contributed by atoms with Crippen molar-refractivity contribution in [2.45, 2.75) is 35.8 Å². The highest BCUT2D eigenvalue weighted by atomic mass is 79.9. The number of carbonyl (C=O) groups is 1. The lowest BCUT2D eigenvalue weighted by molar-refractivity contribution is -0.129. The van der Waals surface area contributed by atoms with Gasteiger partial charge in [-0.1, -0.05) is 76.1 Å². The third-order valence-electron chi connectivity index (χ3n) is 7.69. The van der Waals surface area contributed by atoms with E-state index in [2.05, 4.69) is 21.2 Å². The number of rotatable bonds is 14. The van der Waals surface area contributed by atoms with Gasteiger partial charge in [-0.15, -0.1) is 0 Å². The van der Waals surface area contributed by atoms with Crippen LogP contribution in [0.2, 0.25) is 5.02 Å². The topological polar surface area (TPSA) is 114 Å². The lowest BCUT2D eigenvalue weighted by Crippen LogP contribution is -2.49. The Morgan fingerprint density at radius 2 is 1.67 bits per heavy atom. The second-order valence-corrected chi connectivity index (χ2v) is 14.3. The lowest BCUT2D eigenvalue weighted by Gasteiger charge is -2.30. The molecule has 0 spiro atoms. The van der Waals surface area contributed by atoms with Gasteiger partial charge in [0.1, 0.15) is 5.75 Å². The molecular formula is C35H34BrClN2O6S. The Hall–Kier alpha value is -3.70. The van der Waals surface area contributed by atoms with Crippen molar-refractivity contribution in [2.75, 3.05) is 25.5 Å². The number of halogens is 2. The number of sulfone groups is 1. The maximum atomic E-state index is 14.3. The van der Waals surface area contributed by atoms with E-state index in [1.807, 2.05) is 42.5 Å². The summed E-state index contributed by atoms with van der Waals surface area (Å²) in [7, 11) is -3.76. The molecule has 1 aliphatic rings. The first-order valence-corrected chi connectivity index (χ1v) is 17.7. The Morgan fingerprint density at radius 1 is 0.978 bits per heavy atom. The molecule has 4 aromatic carbocycles. The minimum absolute atomic E-state index is 0.0305. The Balaban J connectivity index is 1.51. The zero-order valence-electron chi connectivity index (χ0n) is 24.9. The molecule has 1 aliphatic heterocycles. The van der Waals surface area contributed by atoms with Crippen molar-refractivity contribution in [3.8, 4) is 5.75 Å². The summed E-state index contributed by atoms with van der Waals surface area (Å²) in [5.74, 6) is 0.0420. The van der Waals surface area contributed by atoms with Gasteiger partial charge >= 0.3 is 0 Å². The van der Waals surface area contributed by atoms with Crippen LogP contribution in [0.25, 0.3) is 0 Å². The van der Waals surface area contributed by atoms with Crippen LogP contribution < -0.4 is 10.1 Å². The predicted octanol–water partition coefficient (Wildman–Crippen LogP) is 6.34. The number of amides is 1. The van der Waals surface area contributed by atoms with Crippen LogP contribution in [-0.2, 0) is 25.8 Å². The van der Waals surface area contributed by atoms with Gasteiger partial charge in [0.05, 0.1) is 17.3 Å². The van der Waals surface area contributed by atoms with E-state index in [0.29, 0.717) is 41.3 Å². The number of aliphatic hydroxyl groups excluding tert-OH is 1. The molecule has 1 heterocycles. The molecule has 4 aromatic rings. The van der Waals surface area contributed by atoms with Gasteiger partial charge in [0.25, 0.3) is 5.91 Å². The maximum absolute atomic E-state index is 14.3. The summed E-state index contributed by atoms with van der Waals surface area (Å²) >= 11 is 9.83. The molecule has 2 N–H and O–H groups in total. The number of nitrogens with one attached hydrogen (secondary N) is 1. The van der Waals surface area contributed by atoms with Gasteiger partial charge < -0.3 is 19.9 Å². The van der Waals surface area contributed by atoms with Crippen LogP contribution in [0.1, 0.15) is 35.6 Å². The van der Waals surface area contributed by atoms with Gasteiger partial charge in [-0.25, -0.2) is 13.4 Å². The standard InChI is InChI=1S/C35H34BrClN2O6S/c36-28-15-11-26(12-16-28)32-35(20-24-46(42,43)30-8-2-1-3-9-30,34(41)38-21-19-25-7-4-5-10-31(25)37)39-33(45-32)27-13-17-29(18-14-27)44-23-6-22-40/h1-5,7-18,32,40H,6,19-24H2,(H,38,41)/t32-,35-/m1/s1. The fourth-order valence-electron chi connectivity index (χ4n) is 5.21. The Morgan fingerprint density at radius 3 is 2.37 bits per heavy atom. The van der Waals surface area contributed by atoms with Crippen molar-refractivity contribution in [3.63, 3.8) is 0 Å². The maximum Gasteiger partial charge on any atom is 0.252 e. The molecule has 2 atom stereocenters. The van der Waals surface area contributed by atoms with Crippen molar-refractivity contribution in [2.24, 2.45) is 4.99 Å². The first kappa shape index (κ1) is 33.7. The van der Waals surface area contributed by atoms with Gasteiger partial charge in [0.15, 0.2) is 21.5 Å². The quantitative estimate of drug-likeness (QED) is 0.147. The molecule has 8 nitrogen and oxygen atoms in total. The van der Waals surface area contributed by atoms with Gasteiger partial charge in [-0.3, -0.25) is 4.79 Å². The number of ether oxygens (including phenoxy) is 2. The molecule has 0 aliphatic carbocycles. The summed E-state index contributed by atoms with van der Waals surface area (Å²) in [6.07, 6.45) is -0.0642. The van der Waals surface area contributed by atoms with Crippen LogP contribution in [0.15, 0.2) is 117 Å². The van der Waals surface area contributed by atoms with Crippen molar-refractivity contribution in [3.05, 3.63) is 129 Å². The minimum Gasteiger partial charge on any atom is -0.494 e. The summed E-state index contributed by atoms with van der Waals surface area (Å²) in [5, 5.41) is 12.7. The van der Waals surface area contributed by atoms with E-state index in [1.165, 1.54) is 0 Å². The fraction of sp³-hybridized carbons (Fsp3) is 0.257. The van der Waals surface area contributed by atoms with Crippen LogP contribution in [0, 0.1) is 0 Å². The average molecular weight is 726 g/mol. The summed E-state index contributed by atoms with van der Waals surface area (Å²) in [5.41, 5.74) is 0.544. The number of aliphatic hydroxyl groups is 1. The molecule has 0 saturated heterocycles. The first-order valence-electron chi connectivity index (χ1n) is 14.9. The number of aliphatic imine (C=N–C) groups is 1. The normalized spacial score (nSPS) is 17.6. The molecule has 46 heavy (non-hydrogen) atoms. The Kier molecular flexibility index (Phi) is 11.2. The highest BCUT2D eigenvalue weighted by Crippen LogP contribution is 2.43. The third-order valence-corrected chi connectivity index (χ3v) is 10.3. The number of hydrogen-bond donors (Lipinski definition) is 2. The second kappa shape index (κ2) is 15.3. The fourth-order valence-corrected chi connectivity index (χ4v) is 7.09. The van der Waals surface area contributed by atoms with Crippen LogP contribution in [-0.4, -0.2) is 56.4 Å². The van der Waals surface area contributed by atoms with E-state index >= 15 is 0 Å². The van der Waals surface area contributed by atoms with Gasteiger partial charge in [0.2, 0.25) is 5.90 Å². The van der Waals surface area contributed by atoms with Crippen molar-refractivity contribution >= 4 is 49.2 Å². The summed E-state index contributed by atoms with van der Waals surface area (Å²) in [4.78, 5) is 19.4. The zero-order valence-corrected chi connectivity index (χ0v) is 28.1. The highest BCUT2D eigenvalue weighted by Gasteiger charge is 2.53. The van der Waals surface area contributed by atoms with Crippen molar-refractivity contribution < 1.29 is 27.8 Å². The minimum atomic E-state index is -3.76. The average Bonchev–Trinajstić information content (AvgIpc) is 3.47. The first-order chi connectivity index (χ1) is 22.2. The highest BCUT2D eigenvalue weighted by molar-refractivity contribution is 9.10. The molecule has 11 heteroatoms. The summed E-state index contributed by atoms with van der Waals surface area (Å²) in [6, 6.07) is 30.0. The predicted molar refractivity (Wildman–Crippen MR) is 182 cm³/mol. The molecule has 0 bridgehead atoms.